The molecule has 0 aromatic heterocycles. The van der Waals surface area contributed by atoms with E-state index in [4.69, 9.17) is 0 Å². The number of hydrogen-bond acceptors (Lipinski definition) is 2. The molecule has 1 fully saturated rings. The molecule has 2 nitrogen and oxygen atoms in total. The Morgan fingerprint density at radius 1 is 1.54 bits per heavy atom. The second-order valence-corrected chi connectivity index (χ2v) is 4.03. The van der Waals surface area contributed by atoms with E-state index in [-0.39, 0.29) is 17.8 Å². The zero-order valence-electron chi connectivity index (χ0n) is 8.46. The smallest absolute Gasteiger partial charge is 0.138 e. The summed E-state index contributed by atoms with van der Waals surface area (Å²) in [5.74, 6) is 0.246. The number of carbonyl (C=O) groups excluding carboxylic acids is 1. The van der Waals surface area contributed by atoms with Crippen LogP contribution in [0.1, 0.15) is 51.9 Å². The molecular weight excluding hydrogens is 164 g/mol. The predicted molar refractivity (Wildman–Crippen MR) is 52.5 cm³/mol. The molecule has 1 N–H and O–H groups in total. The zero-order valence-corrected chi connectivity index (χ0v) is 8.46. The Kier molecular flexibility index (Phi) is 4.43. The highest BCUT2D eigenvalue weighted by molar-refractivity contribution is 5.82. The fourth-order valence-electron chi connectivity index (χ4n) is 2.03. The Morgan fingerprint density at radius 2 is 2.31 bits per heavy atom. The SMILES string of the molecule is CCCC[C@@H](O)[C@H]1CCCCC1=O. The summed E-state index contributed by atoms with van der Waals surface area (Å²) < 4.78 is 0. The monoisotopic (exact) mass is 184 g/mol. The van der Waals surface area contributed by atoms with Crippen molar-refractivity contribution in [2.75, 3.05) is 0 Å². The number of hydrogen-bond donors (Lipinski definition) is 1. The third-order valence-electron chi connectivity index (χ3n) is 2.92. The van der Waals surface area contributed by atoms with Crippen LogP contribution in [-0.4, -0.2) is 17.0 Å². The fraction of sp³-hybridized carbons (Fsp3) is 0.909. The molecule has 13 heavy (non-hydrogen) atoms. The molecule has 0 bridgehead atoms. The lowest BCUT2D eigenvalue weighted by atomic mass is 9.82. The minimum absolute atomic E-state index is 0.0414. The highest BCUT2D eigenvalue weighted by atomic mass is 16.3. The number of aliphatic hydroxyl groups excluding tert-OH is 1. The second kappa shape index (κ2) is 5.38. The first-order valence-corrected chi connectivity index (χ1v) is 5.46. The largest absolute Gasteiger partial charge is 0.392 e. The summed E-state index contributed by atoms with van der Waals surface area (Å²) in [5, 5.41) is 9.75. The van der Waals surface area contributed by atoms with Gasteiger partial charge in [-0.25, -0.2) is 0 Å². The molecule has 2 heteroatoms. The molecule has 2 atom stereocenters. The van der Waals surface area contributed by atoms with E-state index < -0.39 is 0 Å². The van der Waals surface area contributed by atoms with Crippen LogP contribution in [0.3, 0.4) is 0 Å². The minimum atomic E-state index is -0.368. The zero-order chi connectivity index (χ0) is 9.68. The minimum Gasteiger partial charge on any atom is -0.392 e. The van der Waals surface area contributed by atoms with Crippen molar-refractivity contribution in [2.24, 2.45) is 5.92 Å². The lowest BCUT2D eigenvalue weighted by molar-refractivity contribution is -0.128. The number of ketones is 1. The molecule has 1 saturated carbocycles. The molecule has 0 saturated heterocycles. The van der Waals surface area contributed by atoms with Crippen LogP contribution in [0, 0.1) is 5.92 Å². The van der Waals surface area contributed by atoms with Crippen molar-refractivity contribution in [1.82, 2.24) is 0 Å². The number of rotatable bonds is 4. The third kappa shape index (κ3) is 3.11. The highest BCUT2D eigenvalue weighted by Gasteiger charge is 2.28. The van der Waals surface area contributed by atoms with E-state index in [2.05, 4.69) is 6.92 Å². The maximum Gasteiger partial charge on any atom is 0.138 e. The van der Waals surface area contributed by atoms with Crippen LogP contribution in [0.25, 0.3) is 0 Å². The van der Waals surface area contributed by atoms with Crippen molar-refractivity contribution in [2.45, 2.75) is 58.0 Å². The summed E-state index contributed by atoms with van der Waals surface area (Å²) in [6.07, 6.45) is 6.29. The van der Waals surface area contributed by atoms with Gasteiger partial charge in [-0.05, 0) is 19.3 Å². The molecule has 1 rings (SSSR count). The maximum absolute atomic E-state index is 11.4. The van der Waals surface area contributed by atoms with Crippen molar-refractivity contribution in [3.05, 3.63) is 0 Å². The van der Waals surface area contributed by atoms with Gasteiger partial charge >= 0.3 is 0 Å². The molecule has 0 radical (unpaired) electrons. The first kappa shape index (κ1) is 10.7. The Hall–Kier alpha value is -0.370. The quantitative estimate of drug-likeness (QED) is 0.728. The average Bonchev–Trinajstić information content (AvgIpc) is 2.15. The first-order chi connectivity index (χ1) is 6.25. The fourth-order valence-corrected chi connectivity index (χ4v) is 2.03. The first-order valence-electron chi connectivity index (χ1n) is 5.46. The number of unbranched alkanes of at least 4 members (excludes halogenated alkanes) is 1. The summed E-state index contributed by atoms with van der Waals surface area (Å²) in [5.41, 5.74) is 0. The molecule has 76 valence electrons. The maximum atomic E-state index is 11.4. The Bertz CT molecular complexity index is 165. The van der Waals surface area contributed by atoms with E-state index in [0.717, 1.165) is 38.5 Å². The molecule has 1 aliphatic rings. The normalized spacial score (nSPS) is 26.0. The van der Waals surface area contributed by atoms with Crippen LogP contribution in [-0.2, 0) is 4.79 Å². The van der Waals surface area contributed by atoms with Gasteiger partial charge in [0.15, 0.2) is 0 Å². The molecule has 0 amide bonds. The number of aliphatic hydroxyl groups is 1. The van der Waals surface area contributed by atoms with Crippen LogP contribution in [0.2, 0.25) is 0 Å². The molecule has 0 heterocycles. The predicted octanol–water partition coefficient (Wildman–Crippen LogP) is 2.30. The van der Waals surface area contributed by atoms with Crippen molar-refractivity contribution >= 4 is 5.78 Å². The average molecular weight is 184 g/mol. The van der Waals surface area contributed by atoms with Gasteiger partial charge in [-0.15, -0.1) is 0 Å². The van der Waals surface area contributed by atoms with E-state index in [1.165, 1.54) is 0 Å². The van der Waals surface area contributed by atoms with Crippen LogP contribution in [0.4, 0.5) is 0 Å². The second-order valence-electron chi connectivity index (χ2n) is 4.03. The van der Waals surface area contributed by atoms with Gasteiger partial charge in [-0.2, -0.15) is 0 Å². The molecule has 0 aliphatic heterocycles. The molecule has 0 aromatic carbocycles. The van der Waals surface area contributed by atoms with Crippen molar-refractivity contribution < 1.29 is 9.90 Å². The molecule has 0 unspecified atom stereocenters. The van der Waals surface area contributed by atoms with E-state index in [1.54, 1.807) is 0 Å². The standard InChI is InChI=1S/C11H20O2/c1-2-3-7-10(12)9-6-4-5-8-11(9)13/h9-10,12H,2-8H2,1H3/t9-,10-/m1/s1. The summed E-state index contributed by atoms with van der Waals surface area (Å²) in [7, 11) is 0. The van der Waals surface area contributed by atoms with E-state index in [9.17, 15) is 9.90 Å². The molecule has 0 spiro atoms. The topological polar surface area (TPSA) is 37.3 Å². The lowest BCUT2D eigenvalue weighted by Crippen LogP contribution is -2.30. The van der Waals surface area contributed by atoms with Crippen LogP contribution < -0.4 is 0 Å². The Balaban J connectivity index is 2.34. The summed E-state index contributed by atoms with van der Waals surface area (Å²) in [6.45, 7) is 2.11. The highest BCUT2D eigenvalue weighted by Crippen LogP contribution is 2.25. The summed E-state index contributed by atoms with van der Waals surface area (Å²) >= 11 is 0. The van der Waals surface area contributed by atoms with Gasteiger partial charge in [0.25, 0.3) is 0 Å². The van der Waals surface area contributed by atoms with Gasteiger partial charge in [0.05, 0.1) is 6.10 Å². The molecular formula is C11H20O2. The Morgan fingerprint density at radius 3 is 2.92 bits per heavy atom. The van der Waals surface area contributed by atoms with Crippen molar-refractivity contribution in [3.8, 4) is 0 Å². The van der Waals surface area contributed by atoms with Gasteiger partial charge in [-0.3, -0.25) is 4.79 Å². The van der Waals surface area contributed by atoms with Gasteiger partial charge in [0, 0.05) is 12.3 Å². The van der Waals surface area contributed by atoms with Crippen LogP contribution in [0.5, 0.6) is 0 Å². The number of Topliss-reactive ketones (excluding diaryl/α,β-unsaturated/α-hetero) is 1. The van der Waals surface area contributed by atoms with Crippen molar-refractivity contribution in [1.29, 1.82) is 0 Å². The molecule has 0 aromatic rings. The van der Waals surface area contributed by atoms with Crippen LogP contribution >= 0.6 is 0 Å². The third-order valence-corrected chi connectivity index (χ3v) is 2.92. The van der Waals surface area contributed by atoms with Gasteiger partial charge in [0.1, 0.15) is 5.78 Å². The van der Waals surface area contributed by atoms with Gasteiger partial charge < -0.3 is 5.11 Å². The van der Waals surface area contributed by atoms with Crippen LogP contribution in [0.15, 0.2) is 0 Å². The van der Waals surface area contributed by atoms with E-state index >= 15 is 0 Å². The van der Waals surface area contributed by atoms with E-state index in [1.807, 2.05) is 0 Å². The summed E-state index contributed by atoms with van der Waals surface area (Å²) in [4.78, 5) is 11.4. The van der Waals surface area contributed by atoms with E-state index in [0.29, 0.717) is 6.42 Å². The van der Waals surface area contributed by atoms with Gasteiger partial charge in [0.2, 0.25) is 0 Å². The Labute approximate surface area is 80.3 Å². The van der Waals surface area contributed by atoms with Gasteiger partial charge in [-0.1, -0.05) is 26.2 Å². The van der Waals surface area contributed by atoms with Crippen molar-refractivity contribution in [3.63, 3.8) is 0 Å². The summed E-state index contributed by atoms with van der Waals surface area (Å²) in [6, 6.07) is 0. The number of carbonyl (C=O) groups is 1. The molecule has 1 aliphatic carbocycles. The lowest BCUT2D eigenvalue weighted by Gasteiger charge is -2.25.